The number of carboxylic acid groups (broad SMARTS) is 1. The predicted molar refractivity (Wildman–Crippen MR) is 82.5 cm³/mol. The molecule has 0 bridgehead atoms. The van der Waals surface area contributed by atoms with Gasteiger partial charge in [-0.3, -0.25) is 4.79 Å². The number of amides is 1. The third-order valence-electron chi connectivity index (χ3n) is 3.58. The molecule has 1 saturated heterocycles. The van der Waals surface area contributed by atoms with E-state index < -0.39 is 12.0 Å². The smallest absolute Gasteiger partial charge is 0.326 e. The fraction of sp³-hybridized carbons (Fsp3) is 0.538. The summed E-state index contributed by atoms with van der Waals surface area (Å²) in [6.07, 6.45) is 1.68. The van der Waals surface area contributed by atoms with Crippen LogP contribution in [-0.2, 0) is 4.79 Å². The highest BCUT2D eigenvalue weighted by Gasteiger charge is 2.44. The number of carbonyl (C=O) groups is 2. The molecule has 1 N–H and O–H groups in total. The van der Waals surface area contributed by atoms with E-state index in [4.69, 9.17) is 0 Å². The van der Waals surface area contributed by atoms with Crippen molar-refractivity contribution in [2.24, 2.45) is 5.41 Å². The van der Waals surface area contributed by atoms with Gasteiger partial charge in [-0.2, -0.15) is 0 Å². The van der Waals surface area contributed by atoms with Crippen molar-refractivity contribution >= 4 is 45.8 Å². The van der Waals surface area contributed by atoms with Gasteiger partial charge in [-0.05, 0) is 46.9 Å². The third-order valence-corrected chi connectivity index (χ3v) is 5.37. The minimum Gasteiger partial charge on any atom is -0.480 e. The molecule has 0 aromatic carbocycles. The lowest BCUT2D eigenvalue weighted by atomic mass is 9.76. The van der Waals surface area contributed by atoms with Gasteiger partial charge in [-0.25, -0.2) is 4.79 Å². The van der Waals surface area contributed by atoms with Gasteiger partial charge in [0.1, 0.15) is 6.04 Å². The monoisotopic (exact) mass is 393 g/mol. The van der Waals surface area contributed by atoms with E-state index in [2.05, 4.69) is 22.6 Å². The molecule has 1 aromatic heterocycles. The van der Waals surface area contributed by atoms with Gasteiger partial charge in [-0.1, -0.05) is 13.8 Å². The Morgan fingerprint density at radius 1 is 1.53 bits per heavy atom. The highest BCUT2D eigenvalue weighted by molar-refractivity contribution is 14.1. The topological polar surface area (TPSA) is 57.6 Å². The second-order valence-corrected chi connectivity index (χ2v) is 8.28. The highest BCUT2D eigenvalue weighted by atomic mass is 127. The van der Waals surface area contributed by atoms with Crippen LogP contribution in [0.3, 0.4) is 0 Å². The minimum absolute atomic E-state index is 0.167. The van der Waals surface area contributed by atoms with Crippen LogP contribution in [0, 0.1) is 8.30 Å². The number of likely N-dealkylation sites (tertiary alicyclic amines) is 1. The number of rotatable bonds is 2. The Morgan fingerprint density at radius 3 is 2.74 bits per heavy atom. The van der Waals surface area contributed by atoms with Crippen molar-refractivity contribution in [1.82, 2.24) is 4.90 Å². The molecule has 1 unspecified atom stereocenters. The van der Waals surface area contributed by atoms with Gasteiger partial charge < -0.3 is 10.0 Å². The summed E-state index contributed by atoms with van der Waals surface area (Å²) < 4.78 is 1.03. The van der Waals surface area contributed by atoms with Crippen LogP contribution < -0.4 is 0 Å². The van der Waals surface area contributed by atoms with Crippen LogP contribution in [0.1, 0.15) is 37.0 Å². The average molecular weight is 393 g/mol. The molecule has 2 heterocycles. The lowest BCUT2D eigenvalue weighted by molar-refractivity contribution is -0.148. The van der Waals surface area contributed by atoms with Crippen LogP contribution in [0.25, 0.3) is 0 Å². The van der Waals surface area contributed by atoms with Gasteiger partial charge in [0.2, 0.25) is 0 Å². The molecular formula is C13H16INO3S. The van der Waals surface area contributed by atoms with Crippen LogP contribution in [0.15, 0.2) is 11.4 Å². The SMILES string of the molecule is CC1(C)CCCN(C(=O)c2csc(I)c2)C1C(=O)O. The molecule has 1 aromatic rings. The first-order chi connectivity index (χ1) is 8.83. The van der Waals surface area contributed by atoms with Gasteiger partial charge in [0.05, 0.1) is 8.45 Å². The molecule has 1 fully saturated rings. The van der Waals surface area contributed by atoms with Crippen LogP contribution in [0.5, 0.6) is 0 Å². The lowest BCUT2D eigenvalue weighted by Gasteiger charge is -2.43. The number of hydrogen-bond acceptors (Lipinski definition) is 3. The molecule has 1 aliphatic heterocycles. The van der Waals surface area contributed by atoms with E-state index >= 15 is 0 Å². The number of carbonyl (C=O) groups excluding carboxylic acids is 1. The van der Waals surface area contributed by atoms with Crippen molar-refractivity contribution in [1.29, 1.82) is 0 Å². The largest absolute Gasteiger partial charge is 0.480 e. The van der Waals surface area contributed by atoms with Crippen molar-refractivity contribution in [3.05, 3.63) is 19.9 Å². The summed E-state index contributed by atoms with van der Waals surface area (Å²) in [5.41, 5.74) is 0.210. The zero-order chi connectivity index (χ0) is 14.2. The van der Waals surface area contributed by atoms with E-state index in [1.54, 1.807) is 5.38 Å². The van der Waals surface area contributed by atoms with Crippen molar-refractivity contribution in [2.45, 2.75) is 32.7 Å². The summed E-state index contributed by atoms with van der Waals surface area (Å²) in [7, 11) is 0. The van der Waals surface area contributed by atoms with E-state index in [-0.39, 0.29) is 11.3 Å². The van der Waals surface area contributed by atoms with Crippen molar-refractivity contribution < 1.29 is 14.7 Å². The van der Waals surface area contributed by atoms with Gasteiger partial charge in [-0.15, -0.1) is 11.3 Å². The number of hydrogen-bond donors (Lipinski definition) is 1. The Kier molecular flexibility index (Phi) is 4.20. The predicted octanol–water partition coefficient (Wildman–Crippen LogP) is 3.07. The summed E-state index contributed by atoms with van der Waals surface area (Å²) in [5, 5.41) is 11.2. The number of thiophene rings is 1. The Hall–Kier alpha value is -0.630. The van der Waals surface area contributed by atoms with Crippen LogP contribution in [-0.4, -0.2) is 34.5 Å². The first-order valence-electron chi connectivity index (χ1n) is 6.11. The Balaban J connectivity index is 2.31. The van der Waals surface area contributed by atoms with E-state index in [1.807, 2.05) is 19.9 Å². The first-order valence-corrected chi connectivity index (χ1v) is 8.06. The summed E-state index contributed by atoms with van der Waals surface area (Å²) in [5.74, 6) is -1.08. The quantitative estimate of drug-likeness (QED) is 0.786. The Bertz CT molecular complexity index is 512. The van der Waals surface area contributed by atoms with Crippen LogP contribution in [0.2, 0.25) is 0 Å². The van der Waals surface area contributed by atoms with Crippen LogP contribution >= 0.6 is 33.9 Å². The minimum atomic E-state index is -0.914. The Labute approximate surface area is 129 Å². The normalized spacial score (nSPS) is 22.3. The summed E-state index contributed by atoms with van der Waals surface area (Å²) in [6, 6.07) is 1.07. The maximum absolute atomic E-state index is 12.5. The van der Waals surface area contributed by atoms with Crippen molar-refractivity contribution in [3.63, 3.8) is 0 Å². The van der Waals surface area contributed by atoms with Gasteiger partial charge in [0.15, 0.2) is 0 Å². The number of halogens is 1. The molecule has 19 heavy (non-hydrogen) atoms. The van der Waals surface area contributed by atoms with E-state index in [1.165, 1.54) is 16.2 Å². The van der Waals surface area contributed by atoms with Gasteiger partial charge in [0, 0.05) is 11.9 Å². The average Bonchev–Trinajstić information content (AvgIpc) is 2.72. The lowest BCUT2D eigenvalue weighted by Crippen LogP contribution is -2.56. The second kappa shape index (κ2) is 5.40. The number of aliphatic carboxylic acids is 1. The highest BCUT2D eigenvalue weighted by Crippen LogP contribution is 2.36. The zero-order valence-corrected chi connectivity index (χ0v) is 13.8. The maximum atomic E-state index is 12.5. The fourth-order valence-electron chi connectivity index (χ4n) is 2.67. The molecular weight excluding hydrogens is 377 g/mol. The summed E-state index contributed by atoms with van der Waals surface area (Å²) >= 11 is 3.66. The van der Waals surface area contributed by atoms with E-state index in [0.29, 0.717) is 12.1 Å². The molecule has 1 aliphatic rings. The molecule has 0 radical (unpaired) electrons. The zero-order valence-electron chi connectivity index (χ0n) is 10.9. The molecule has 0 saturated carbocycles. The van der Waals surface area contributed by atoms with Gasteiger partial charge >= 0.3 is 5.97 Å². The van der Waals surface area contributed by atoms with Crippen molar-refractivity contribution in [3.8, 4) is 0 Å². The molecule has 1 amide bonds. The molecule has 4 nitrogen and oxygen atoms in total. The number of piperidine rings is 1. The second-order valence-electron chi connectivity index (χ2n) is 5.47. The Morgan fingerprint density at radius 2 is 2.21 bits per heavy atom. The number of carboxylic acids is 1. The fourth-order valence-corrected chi connectivity index (χ4v) is 3.99. The molecule has 104 valence electrons. The van der Waals surface area contributed by atoms with Crippen LogP contribution in [0.4, 0.5) is 0 Å². The van der Waals surface area contributed by atoms with E-state index in [0.717, 1.165) is 15.7 Å². The van der Waals surface area contributed by atoms with E-state index in [9.17, 15) is 14.7 Å². The molecule has 2 rings (SSSR count). The molecule has 0 spiro atoms. The standard InChI is InChI=1S/C13H16INO3S/c1-13(2)4-3-5-15(10(13)12(17)18)11(16)8-6-9(14)19-7-8/h6-7,10H,3-5H2,1-2H3,(H,17,18). The van der Waals surface area contributed by atoms with Gasteiger partial charge in [0.25, 0.3) is 5.91 Å². The maximum Gasteiger partial charge on any atom is 0.326 e. The third kappa shape index (κ3) is 2.94. The van der Waals surface area contributed by atoms with Crippen molar-refractivity contribution in [2.75, 3.05) is 6.54 Å². The number of nitrogens with zero attached hydrogens (tertiary/aromatic N) is 1. The molecule has 0 aliphatic carbocycles. The first kappa shape index (κ1) is 14.8. The molecule has 6 heteroatoms. The molecule has 1 atom stereocenters. The summed E-state index contributed by atoms with van der Waals surface area (Å²) in [6.45, 7) is 4.36. The summed E-state index contributed by atoms with van der Waals surface area (Å²) in [4.78, 5) is 25.5.